The molecule has 3 nitrogen and oxygen atoms in total. The lowest BCUT2D eigenvalue weighted by atomic mass is 10.4. The van der Waals surface area contributed by atoms with Gasteiger partial charge in [-0.25, -0.2) is 0 Å². The van der Waals surface area contributed by atoms with E-state index in [1.807, 2.05) is 6.92 Å². The van der Waals surface area contributed by atoms with E-state index in [1.165, 1.54) is 0 Å². The van der Waals surface area contributed by atoms with Gasteiger partial charge < -0.3 is 14.6 Å². The smallest absolute Gasteiger partial charge is 0.169 e. The molecule has 0 unspecified atom stereocenters. The monoisotopic (exact) mass is 258 g/mol. The molecule has 0 spiro atoms. The van der Waals surface area contributed by atoms with Crippen LogP contribution in [0.1, 0.15) is 6.92 Å². The van der Waals surface area contributed by atoms with Crippen LogP contribution >= 0.6 is 22.6 Å². The third-order valence-corrected chi connectivity index (χ3v) is 1.94. The van der Waals surface area contributed by atoms with Gasteiger partial charge in [0.15, 0.2) is 6.29 Å². The van der Waals surface area contributed by atoms with Gasteiger partial charge in [0.25, 0.3) is 0 Å². The Balaban J connectivity index is 2.28. The molecule has 1 heterocycles. The largest absolute Gasteiger partial charge is 0.394 e. The number of hydrogen-bond acceptors (Lipinski definition) is 3. The summed E-state index contributed by atoms with van der Waals surface area (Å²) in [7, 11) is 0. The Morgan fingerprint density at radius 3 is 2.80 bits per heavy atom. The van der Waals surface area contributed by atoms with Gasteiger partial charge in [-0.2, -0.15) is 0 Å². The Morgan fingerprint density at radius 1 is 1.80 bits per heavy atom. The molecule has 3 atom stereocenters. The van der Waals surface area contributed by atoms with Crippen molar-refractivity contribution in [3.05, 3.63) is 0 Å². The van der Waals surface area contributed by atoms with Crippen LogP contribution in [-0.4, -0.2) is 34.6 Å². The van der Waals surface area contributed by atoms with Gasteiger partial charge in [0, 0.05) is 0 Å². The lowest BCUT2D eigenvalue weighted by molar-refractivity contribution is -0.0591. The van der Waals surface area contributed by atoms with Crippen LogP contribution in [0.4, 0.5) is 0 Å². The van der Waals surface area contributed by atoms with Crippen molar-refractivity contribution in [2.24, 2.45) is 0 Å². The van der Waals surface area contributed by atoms with Crippen LogP contribution in [-0.2, 0) is 9.47 Å². The predicted octanol–water partition coefficient (Wildman–Crippen LogP) is 0.544. The standard InChI is InChI=1S/C6H11IO3/c1-4(7)6-9-3-5(2-8)10-6/h4-6,8H,2-3H2,1H3/t4-,5-,6-/m0/s1. The molecular weight excluding hydrogens is 247 g/mol. The zero-order valence-corrected chi connectivity index (χ0v) is 7.95. The first-order valence-corrected chi connectivity index (χ1v) is 4.50. The molecule has 0 aliphatic carbocycles. The van der Waals surface area contributed by atoms with E-state index in [9.17, 15) is 0 Å². The molecule has 0 bridgehead atoms. The Bertz CT molecular complexity index is 107. The highest BCUT2D eigenvalue weighted by Crippen LogP contribution is 2.18. The average Bonchev–Trinajstić information content (AvgIpc) is 2.34. The molecule has 60 valence electrons. The van der Waals surface area contributed by atoms with Gasteiger partial charge in [0.05, 0.1) is 17.1 Å². The fourth-order valence-corrected chi connectivity index (χ4v) is 1.18. The normalized spacial score (nSPS) is 36.3. The summed E-state index contributed by atoms with van der Waals surface area (Å²) in [4.78, 5) is 0. The van der Waals surface area contributed by atoms with E-state index in [2.05, 4.69) is 22.6 Å². The molecule has 0 aromatic heterocycles. The minimum Gasteiger partial charge on any atom is -0.394 e. The van der Waals surface area contributed by atoms with Gasteiger partial charge in [0.2, 0.25) is 0 Å². The first kappa shape index (κ1) is 8.70. The summed E-state index contributed by atoms with van der Waals surface area (Å²) in [5.41, 5.74) is 0. The Hall–Kier alpha value is 0.610. The van der Waals surface area contributed by atoms with Gasteiger partial charge in [-0.15, -0.1) is 0 Å². The first-order valence-electron chi connectivity index (χ1n) is 3.26. The van der Waals surface area contributed by atoms with E-state index in [4.69, 9.17) is 14.6 Å². The van der Waals surface area contributed by atoms with Crippen molar-refractivity contribution < 1.29 is 14.6 Å². The van der Waals surface area contributed by atoms with Crippen molar-refractivity contribution in [3.63, 3.8) is 0 Å². The summed E-state index contributed by atoms with van der Waals surface area (Å²) in [6.45, 7) is 2.60. The van der Waals surface area contributed by atoms with Gasteiger partial charge in [-0.05, 0) is 6.92 Å². The zero-order valence-electron chi connectivity index (χ0n) is 5.79. The maximum Gasteiger partial charge on any atom is 0.169 e. The zero-order chi connectivity index (χ0) is 7.56. The van der Waals surface area contributed by atoms with Crippen molar-refractivity contribution in [2.45, 2.75) is 23.2 Å². The van der Waals surface area contributed by atoms with Crippen molar-refractivity contribution >= 4 is 22.6 Å². The lowest BCUT2D eigenvalue weighted by Gasteiger charge is -2.11. The van der Waals surface area contributed by atoms with Crippen molar-refractivity contribution in [1.29, 1.82) is 0 Å². The number of aliphatic hydroxyl groups excluding tert-OH is 1. The minimum absolute atomic E-state index is 0.0554. The highest BCUT2D eigenvalue weighted by molar-refractivity contribution is 14.1. The maximum absolute atomic E-state index is 8.66. The van der Waals surface area contributed by atoms with Crippen LogP contribution in [0.2, 0.25) is 0 Å². The molecule has 1 fully saturated rings. The fourth-order valence-electron chi connectivity index (χ4n) is 0.807. The van der Waals surface area contributed by atoms with Crippen LogP contribution < -0.4 is 0 Å². The lowest BCUT2D eigenvalue weighted by Crippen LogP contribution is -2.21. The molecular formula is C6H11IO3. The second kappa shape index (κ2) is 3.85. The molecule has 1 aliphatic rings. The molecule has 1 rings (SSSR count). The molecule has 10 heavy (non-hydrogen) atoms. The molecule has 0 aromatic rings. The maximum atomic E-state index is 8.66. The number of halogens is 1. The van der Waals surface area contributed by atoms with E-state index in [0.717, 1.165) is 0 Å². The summed E-state index contributed by atoms with van der Waals surface area (Å²) < 4.78 is 10.9. The third kappa shape index (κ3) is 2.05. The number of aliphatic hydroxyl groups is 1. The summed E-state index contributed by atoms with van der Waals surface area (Å²) in [6.07, 6.45) is -0.236. The highest BCUT2D eigenvalue weighted by Gasteiger charge is 2.28. The second-order valence-corrected chi connectivity index (χ2v) is 4.28. The van der Waals surface area contributed by atoms with Crippen molar-refractivity contribution in [2.75, 3.05) is 13.2 Å². The summed E-state index contributed by atoms with van der Waals surface area (Å²) >= 11 is 2.24. The molecule has 1 N–H and O–H groups in total. The summed E-state index contributed by atoms with van der Waals surface area (Å²) in [6, 6.07) is 0. The topological polar surface area (TPSA) is 38.7 Å². The number of alkyl halides is 1. The van der Waals surface area contributed by atoms with Crippen LogP contribution in [0.25, 0.3) is 0 Å². The molecule has 0 radical (unpaired) electrons. The SMILES string of the molecule is C[C@H](I)[C@H]1OC[C@H](CO)O1. The van der Waals surface area contributed by atoms with Gasteiger partial charge in [-0.1, -0.05) is 22.6 Å². The van der Waals surface area contributed by atoms with Gasteiger partial charge in [-0.3, -0.25) is 0 Å². The molecule has 0 saturated carbocycles. The second-order valence-electron chi connectivity index (χ2n) is 2.32. The van der Waals surface area contributed by atoms with Crippen LogP contribution in [0.3, 0.4) is 0 Å². The van der Waals surface area contributed by atoms with E-state index in [1.54, 1.807) is 0 Å². The van der Waals surface area contributed by atoms with E-state index in [0.29, 0.717) is 10.5 Å². The first-order chi connectivity index (χ1) is 4.74. The van der Waals surface area contributed by atoms with Crippen LogP contribution in [0.5, 0.6) is 0 Å². The van der Waals surface area contributed by atoms with E-state index < -0.39 is 0 Å². The summed E-state index contributed by atoms with van der Waals surface area (Å²) in [5.74, 6) is 0. The van der Waals surface area contributed by atoms with Gasteiger partial charge in [0.1, 0.15) is 6.10 Å². The number of ether oxygens (including phenoxy) is 2. The third-order valence-electron chi connectivity index (χ3n) is 1.35. The molecule has 1 saturated heterocycles. The van der Waals surface area contributed by atoms with Crippen LogP contribution in [0, 0.1) is 0 Å². The Morgan fingerprint density at radius 2 is 2.50 bits per heavy atom. The highest BCUT2D eigenvalue weighted by atomic mass is 127. The van der Waals surface area contributed by atoms with Crippen LogP contribution in [0.15, 0.2) is 0 Å². The molecule has 4 heteroatoms. The van der Waals surface area contributed by atoms with Gasteiger partial charge >= 0.3 is 0 Å². The molecule has 1 aliphatic heterocycles. The minimum atomic E-state index is -0.127. The van der Waals surface area contributed by atoms with E-state index >= 15 is 0 Å². The quantitative estimate of drug-likeness (QED) is 0.580. The Kier molecular flexibility index (Phi) is 3.35. The molecule has 0 amide bonds. The fraction of sp³-hybridized carbons (Fsp3) is 1.00. The van der Waals surface area contributed by atoms with Crippen molar-refractivity contribution in [3.8, 4) is 0 Å². The van der Waals surface area contributed by atoms with E-state index in [-0.39, 0.29) is 19.0 Å². The predicted molar refractivity (Wildman–Crippen MR) is 45.2 cm³/mol. The number of rotatable bonds is 2. The molecule has 0 aromatic carbocycles. The Labute approximate surface area is 73.8 Å². The summed E-state index contributed by atoms with van der Waals surface area (Å²) in [5, 5.41) is 8.66. The number of hydrogen-bond donors (Lipinski definition) is 1. The average molecular weight is 258 g/mol. The van der Waals surface area contributed by atoms with Crippen molar-refractivity contribution in [1.82, 2.24) is 0 Å².